The summed E-state index contributed by atoms with van der Waals surface area (Å²) in [6, 6.07) is 0. The van der Waals surface area contributed by atoms with Crippen LogP contribution in [0.1, 0.15) is 31.1 Å². The van der Waals surface area contributed by atoms with Gasteiger partial charge in [-0.25, -0.2) is 4.79 Å². The van der Waals surface area contributed by atoms with Gasteiger partial charge in [0.25, 0.3) is 5.56 Å². The number of H-pyrrole nitrogens is 1. The molecule has 1 N–H and O–H groups in total. The molecule has 1 fully saturated rings. The number of nitrogens with zero attached hydrogens (tertiary/aromatic N) is 1. The molecule has 0 bridgehead atoms. The van der Waals surface area contributed by atoms with Crippen LogP contribution in [0, 0.1) is 12.8 Å². The maximum atomic E-state index is 11.7. The summed E-state index contributed by atoms with van der Waals surface area (Å²) >= 11 is 0. The second kappa shape index (κ2) is 4.24. The molecule has 0 saturated heterocycles. The minimum Gasteiger partial charge on any atom is -0.347 e. The molecular weight excluding hydrogens is 232 g/mol. The molecule has 18 heavy (non-hydrogen) atoms. The summed E-state index contributed by atoms with van der Waals surface area (Å²) in [4.78, 5) is 25.3. The minimum absolute atomic E-state index is 0.0987. The lowest BCUT2D eigenvalue weighted by atomic mass is 10.2. The van der Waals surface area contributed by atoms with E-state index in [2.05, 4.69) is 4.98 Å². The summed E-state index contributed by atoms with van der Waals surface area (Å²) < 4.78 is 7.23. The van der Waals surface area contributed by atoms with Crippen molar-refractivity contribution >= 4 is 0 Å². The van der Waals surface area contributed by atoms with E-state index in [0.717, 1.165) is 12.3 Å². The molecule has 0 unspecified atom stereocenters. The first-order valence-corrected chi connectivity index (χ1v) is 6.29. The second-order valence-corrected chi connectivity index (χ2v) is 5.11. The predicted molar refractivity (Wildman–Crippen MR) is 66.5 cm³/mol. The quantitative estimate of drug-likeness (QED) is 0.815. The van der Waals surface area contributed by atoms with E-state index >= 15 is 0 Å². The zero-order valence-corrected chi connectivity index (χ0v) is 10.3. The molecule has 0 amide bonds. The smallest absolute Gasteiger partial charge is 0.330 e. The van der Waals surface area contributed by atoms with Crippen LogP contribution in [0.15, 0.2) is 27.9 Å². The van der Waals surface area contributed by atoms with E-state index in [9.17, 15) is 9.59 Å². The van der Waals surface area contributed by atoms with Gasteiger partial charge >= 0.3 is 5.69 Å². The van der Waals surface area contributed by atoms with Crippen LogP contribution in [0.4, 0.5) is 0 Å². The Morgan fingerprint density at radius 3 is 2.89 bits per heavy atom. The van der Waals surface area contributed by atoms with Crippen molar-refractivity contribution in [3.05, 3.63) is 44.8 Å². The van der Waals surface area contributed by atoms with Crippen molar-refractivity contribution in [1.82, 2.24) is 9.55 Å². The Morgan fingerprint density at radius 2 is 2.17 bits per heavy atom. The fraction of sp³-hybridized carbons (Fsp3) is 0.538. The van der Waals surface area contributed by atoms with Crippen LogP contribution in [-0.4, -0.2) is 15.7 Å². The lowest BCUT2D eigenvalue weighted by Crippen LogP contribution is -2.33. The highest BCUT2D eigenvalue weighted by molar-refractivity contribution is 5.07. The van der Waals surface area contributed by atoms with E-state index in [4.69, 9.17) is 4.74 Å². The normalized spacial score (nSPS) is 26.7. The summed E-state index contributed by atoms with van der Waals surface area (Å²) in [6.07, 6.45) is 8.76. The highest BCUT2D eigenvalue weighted by atomic mass is 16.5. The number of nitrogens with one attached hydrogen (secondary N) is 1. The average Bonchev–Trinajstić information content (AvgIpc) is 3.01. The number of hydrogen-bond donors (Lipinski definition) is 1. The van der Waals surface area contributed by atoms with Gasteiger partial charge in [-0.1, -0.05) is 18.9 Å². The van der Waals surface area contributed by atoms with Crippen molar-refractivity contribution in [3.8, 4) is 0 Å². The van der Waals surface area contributed by atoms with Crippen LogP contribution >= 0.6 is 0 Å². The molecule has 2 atom stereocenters. The highest BCUT2D eigenvalue weighted by Gasteiger charge is 2.29. The standard InChI is InChI=1S/C13H16N2O3/c1-8-7-15(13(17)14-12(8)16)11-5-4-10(18-11)6-9-2-3-9/h4-5,7,9-11H,2-3,6H2,1H3,(H,14,16,17)/t10-,11+/m1/s1. The van der Waals surface area contributed by atoms with E-state index in [0.29, 0.717) is 5.56 Å². The van der Waals surface area contributed by atoms with Crippen molar-refractivity contribution in [2.75, 3.05) is 0 Å². The van der Waals surface area contributed by atoms with Gasteiger partial charge in [-0.3, -0.25) is 14.3 Å². The number of aromatic nitrogens is 2. The molecule has 3 rings (SSSR count). The van der Waals surface area contributed by atoms with Gasteiger partial charge in [0.05, 0.1) is 6.10 Å². The number of ether oxygens (including phenoxy) is 1. The van der Waals surface area contributed by atoms with Crippen LogP contribution in [0.5, 0.6) is 0 Å². The first kappa shape index (κ1) is 11.5. The molecule has 1 aliphatic heterocycles. The first-order valence-electron chi connectivity index (χ1n) is 6.29. The van der Waals surface area contributed by atoms with Gasteiger partial charge in [0.2, 0.25) is 0 Å². The maximum absolute atomic E-state index is 11.7. The molecule has 0 spiro atoms. The molecule has 5 nitrogen and oxygen atoms in total. The molecule has 2 heterocycles. The second-order valence-electron chi connectivity index (χ2n) is 5.11. The van der Waals surface area contributed by atoms with E-state index in [1.807, 2.05) is 12.2 Å². The molecule has 96 valence electrons. The summed E-state index contributed by atoms with van der Waals surface area (Å²) in [5.74, 6) is 0.785. The third-order valence-electron chi connectivity index (χ3n) is 3.49. The summed E-state index contributed by atoms with van der Waals surface area (Å²) in [6.45, 7) is 1.68. The fourth-order valence-electron chi connectivity index (χ4n) is 2.24. The van der Waals surface area contributed by atoms with Gasteiger partial charge in [0, 0.05) is 11.8 Å². The van der Waals surface area contributed by atoms with Gasteiger partial charge in [-0.05, 0) is 25.3 Å². The number of rotatable bonds is 3. The summed E-state index contributed by atoms with van der Waals surface area (Å²) in [7, 11) is 0. The van der Waals surface area contributed by atoms with Crippen LogP contribution in [0.3, 0.4) is 0 Å². The van der Waals surface area contributed by atoms with Gasteiger partial charge in [0.15, 0.2) is 6.23 Å². The molecular formula is C13H16N2O3. The third-order valence-corrected chi connectivity index (χ3v) is 3.49. The van der Waals surface area contributed by atoms with Crippen LogP contribution in [0.2, 0.25) is 0 Å². The van der Waals surface area contributed by atoms with Gasteiger partial charge in [-0.2, -0.15) is 0 Å². The van der Waals surface area contributed by atoms with Crippen molar-refractivity contribution < 1.29 is 4.74 Å². The Labute approximate surface area is 104 Å². The number of aromatic amines is 1. The average molecular weight is 248 g/mol. The fourth-order valence-corrected chi connectivity index (χ4v) is 2.24. The SMILES string of the molecule is Cc1cn([C@@H]2C=C[C@H](CC3CC3)O2)c(=O)[nH]c1=O. The zero-order valence-electron chi connectivity index (χ0n) is 10.3. The van der Waals surface area contributed by atoms with Crippen molar-refractivity contribution in [3.63, 3.8) is 0 Å². The molecule has 0 radical (unpaired) electrons. The van der Waals surface area contributed by atoms with Gasteiger partial charge < -0.3 is 4.74 Å². The first-order chi connectivity index (χ1) is 8.63. The summed E-state index contributed by atoms with van der Waals surface area (Å²) in [5.41, 5.74) is -0.252. The molecule has 5 heteroatoms. The largest absolute Gasteiger partial charge is 0.347 e. The minimum atomic E-state index is -0.424. The van der Waals surface area contributed by atoms with Crippen LogP contribution in [-0.2, 0) is 4.74 Å². The zero-order chi connectivity index (χ0) is 12.7. The van der Waals surface area contributed by atoms with E-state index in [1.54, 1.807) is 13.1 Å². The number of aryl methyl sites for hydroxylation is 1. The Hall–Kier alpha value is -1.62. The van der Waals surface area contributed by atoms with E-state index in [1.165, 1.54) is 17.4 Å². The molecule has 1 saturated carbocycles. The van der Waals surface area contributed by atoms with Crippen molar-refractivity contribution in [1.29, 1.82) is 0 Å². The number of hydrogen-bond acceptors (Lipinski definition) is 3. The summed E-state index contributed by atoms with van der Waals surface area (Å²) in [5, 5.41) is 0. The Morgan fingerprint density at radius 1 is 1.39 bits per heavy atom. The lowest BCUT2D eigenvalue weighted by molar-refractivity contribution is 0.00929. The van der Waals surface area contributed by atoms with Gasteiger partial charge in [-0.15, -0.1) is 0 Å². The monoisotopic (exact) mass is 248 g/mol. The van der Waals surface area contributed by atoms with E-state index < -0.39 is 11.9 Å². The third kappa shape index (κ3) is 2.18. The van der Waals surface area contributed by atoms with E-state index in [-0.39, 0.29) is 11.7 Å². The maximum Gasteiger partial charge on any atom is 0.330 e. The molecule has 2 aliphatic rings. The van der Waals surface area contributed by atoms with Crippen LogP contribution < -0.4 is 11.2 Å². The Balaban J connectivity index is 1.80. The van der Waals surface area contributed by atoms with Gasteiger partial charge in [0.1, 0.15) is 0 Å². The molecule has 0 aromatic carbocycles. The van der Waals surface area contributed by atoms with Crippen molar-refractivity contribution in [2.45, 2.75) is 38.5 Å². The predicted octanol–water partition coefficient (Wildman–Crippen LogP) is 1.10. The van der Waals surface area contributed by atoms with Crippen molar-refractivity contribution in [2.24, 2.45) is 5.92 Å². The molecule has 1 aromatic heterocycles. The Bertz CT molecular complexity index is 595. The topological polar surface area (TPSA) is 64.1 Å². The molecule has 1 aromatic rings. The Kier molecular flexibility index (Phi) is 2.70. The highest BCUT2D eigenvalue weighted by Crippen LogP contribution is 2.36. The van der Waals surface area contributed by atoms with Crippen LogP contribution in [0.25, 0.3) is 0 Å². The molecule has 1 aliphatic carbocycles. The lowest BCUT2D eigenvalue weighted by Gasteiger charge is -2.16.